The third-order valence-corrected chi connectivity index (χ3v) is 4.84. The normalized spacial score (nSPS) is 22.5. The largest absolute Gasteiger partial charge is 0.478 e. The van der Waals surface area contributed by atoms with Gasteiger partial charge in [-0.25, -0.2) is 13.2 Å². The second-order valence-corrected chi connectivity index (χ2v) is 6.36. The summed E-state index contributed by atoms with van der Waals surface area (Å²) in [6.45, 7) is 0.379. The molecule has 1 aromatic carbocycles. The van der Waals surface area contributed by atoms with Gasteiger partial charge in [0.15, 0.2) is 9.84 Å². The molecule has 1 saturated heterocycles. The molecule has 1 aromatic rings. The molecule has 7 heteroatoms. The van der Waals surface area contributed by atoms with E-state index in [9.17, 15) is 13.2 Å². The minimum Gasteiger partial charge on any atom is -0.478 e. The van der Waals surface area contributed by atoms with E-state index in [1.807, 2.05) is 0 Å². The molecule has 1 aliphatic rings. The van der Waals surface area contributed by atoms with Crippen LogP contribution in [0.1, 0.15) is 21.3 Å². The molecule has 1 unspecified atom stereocenters. The van der Waals surface area contributed by atoms with Gasteiger partial charge in [-0.2, -0.15) is 0 Å². The van der Waals surface area contributed by atoms with E-state index in [0.717, 1.165) is 0 Å². The first-order valence-corrected chi connectivity index (χ1v) is 6.99. The lowest BCUT2D eigenvalue weighted by atomic mass is 10.1. The Balaban J connectivity index is 2.44. The highest BCUT2D eigenvalue weighted by Crippen LogP contribution is 2.30. The Kier molecular flexibility index (Phi) is 3.11. The topological polar surface area (TPSA) is 83.5 Å². The number of nitrogens with one attached hydrogen (secondary N) is 1. The van der Waals surface area contributed by atoms with E-state index in [0.29, 0.717) is 12.1 Å². The van der Waals surface area contributed by atoms with Crippen molar-refractivity contribution in [1.82, 2.24) is 5.32 Å². The molecule has 5 nitrogen and oxygen atoms in total. The van der Waals surface area contributed by atoms with E-state index in [2.05, 4.69) is 5.32 Å². The van der Waals surface area contributed by atoms with Gasteiger partial charge in [-0.3, -0.25) is 5.32 Å². The van der Waals surface area contributed by atoms with Crippen molar-refractivity contribution >= 4 is 27.4 Å². The minimum absolute atomic E-state index is 0.0362. The van der Waals surface area contributed by atoms with Gasteiger partial charge in [0.1, 0.15) is 5.37 Å². The second-order valence-electron chi connectivity index (χ2n) is 3.74. The summed E-state index contributed by atoms with van der Waals surface area (Å²) in [5, 5.41) is 10.9. The molecule has 17 heavy (non-hydrogen) atoms. The van der Waals surface area contributed by atoms with Crippen LogP contribution in [0, 0.1) is 0 Å². The molecule has 1 fully saturated rings. The van der Waals surface area contributed by atoms with Crippen molar-refractivity contribution in [1.29, 1.82) is 0 Å². The van der Waals surface area contributed by atoms with Gasteiger partial charge in [0.2, 0.25) is 0 Å². The van der Waals surface area contributed by atoms with Crippen LogP contribution in [-0.2, 0) is 9.84 Å². The average Bonchev–Trinajstić information content (AvgIpc) is 2.58. The van der Waals surface area contributed by atoms with Crippen LogP contribution < -0.4 is 5.32 Å². The molecular formula is C10H10ClNO4S. The molecule has 0 aliphatic carbocycles. The van der Waals surface area contributed by atoms with Crippen molar-refractivity contribution in [2.45, 2.75) is 5.37 Å². The van der Waals surface area contributed by atoms with Crippen molar-refractivity contribution in [2.24, 2.45) is 0 Å². The number of benzene rings is 1. The van der Waals surface area contributed by atoms with Crippen LogP contribution in [0.3, 0.4) is 0 Å². The van der Waals surface area contributed by atoms with Gasteiger partial charge in [-0.15, -0.1) is 0 Å². The maximum atomic E-state index is 11.7. The fourth-order valence-corrected chi connectivity index (χ4v) is 3.71. The quantitative estimate of drug-likeness (QED) is 0.843. The molecule has 2 rings (SSSR count). The Morgan fingerprint density at radius 1 is 1.47 bits per heavy atom. The maximum absolute atomic E-state index is 11.7. The van der Waals surface area contributed by atoms with Crippen LogP contribution in [0.2, 0.25) is 5.02 Å². The third-order valence-electron chi connectivity index (χ3n) is 2.61. The van der Waals surface area contributed by atoms with Crippen LogP contribution in [0.15, 0.2) is 18.2 Å². The van der Waals surface area contributed by atoms with E-state index in [1.165, 1.54) is 18.2 Å². The number of carboxylic acid groups (broad SMARTS) is 1. The SMILES string of the molecule is O=C(O)c1ccc(C2NCCS2(=O)=O)c(Cl)c1. The summed E-state index contributed by atoms with van der Waals surface area (Å²) in [6, 6.07) is 4.04. The molecule has 0 amide bonds. The van der Waals surface area contributed by atoms with Crippen LogP contribution in [0.5, 0.6) is 0 Å². The van der Waals surface area contributed by atoms with Gasteiger partial charge >= 0.3 is 5.97 Å². The van der Waals surface area contributed by atoms with Crippen molar-refractivity contribution in [3.05, 3.63) is 34.3 Å². The Bertz CT molecular complexity index is 570. The average molecular weight is 276 g/mol. The Morgan fingerprint density at radius 3 is 2.65 bits per heavy atom. The lowest BCUT2D eigenvalue weighted by Gasteiger charge is -2.12. The van der Waals surface area contributed by atoms with Crippen LogP contribution in [0.25, 0.3) is 0 Å². The predicted octanol–water partition coefficient (Wildman–Crippen LogP) is 1.05. The highest BCUT2D eigenvalue weighted by atomic mass is 35.5. The van der Waals surface area contributed by atoms with Crippen LogP contribution in [0.4, 0.5) is 0 Å². The molecule has 92 valence electrons. The van der Waals surface area contributed by atoms with Gasteiger partial charge in [-0.1, -0.05) is 17.7 Å². The summed E-state index contributed by atoms with van der Waals surface area (Å²) in [6.07, 6.45) is 0. The van der Waals surface area contributed by atoms with Crippen LogP contribution in [-0.4, -0.2) is 31.8 Å². The van der Waals surface area contributed by atoms with Gasteiger partial charge in [0, 0.05) is 17.1 Å². The number of carboxylic acids is 1. The van der Waals surface area contributed by atoms with E-state index in [1.54, 1.807) is 0 Å². The fourth-order valence-electron chi connectivity index (χ4n) is 1.75. The summed E-state index contributed by atoms with van der Waals surface area (Å²) >= 11 is 5.91. The smallest absolute Gasteiger partial charge is 0.335 e. The van der Waals surface area contributed by atoms with Gasteiger partial charge in [0.05, 0.1) is 11.3 Å². The van der Waals surface area contributed by atoms with Gasteiger partial charge < -0.3 is 5.11 Å². The second kappa shape index (κ2) is 4.29. The summed E-state index contributed by atoms with van der Waals surface area (Å²) in [5.74, 6) is -1.03. The minimum atomic E-state index is -3.24. The molecule has 0 saturated carbocycles. The predicted molar refractivity (Wildman–Crippen MR) is 62.9 cm³/mol. The number of sulfone groups is 1. The molecule has 1 atom stereocenters. The number of hydrogen-bond acceptors (Lipinski definition) is 4. The highest BCUT2D eigenvalue weighted by Gasteiger charge is 2.33. The van der Waals surface area contributed by atoms with E-state index >= 15 is 0 Å². The van der Waals surface area contributed by atoms with Gasteiger partial charge in [0.25, 0.3) is 0 Å². The first-order valence-electron chi connectivity index (χ1n) is 4.89. The first-order chi connectivity index (χ1) is 7.92. The standard InChI is InChI=1S/C10H10ClNO4S/c11-8-5-6(10(13)14)1-2-7(8)9-12-3-4-17(9,15)16/h1-2,5,9,12H,3-4H2,(H,13,14). The van der Waals surface area contributed by atoms with Gasteiger partial charge in [-0.05, 0) is 12.1 Å². The van der Waals surface area contributed by atoms with Crippen molar-refractivity contribution in [2.75, 3.05) is 12.3 Å². The Hall–Kier alpha value is -1.11. The Morgan fingerprint density at radius 2 is 2.18 bits per heavy atom. The maximum Gasteiger partial charge on any atom is 0.335 e. The monoisotopic (exact) mass is 275 g/mol. The van der Waals surface area contributed by atoms with E-state index in [-0.39, 0.29) is 16.3 Å². The summed E-state index contributed by atoms with van der Waals surface area (Å²) < 4.78 is 23.4. The number of rotatable bonds is 2. The molecule has 1 aliphatic heterocycles. The third kappa shape index (κ3) is 2.29. The summed E-state index contributed by atoms with van der Waals surface area (Å²) in [4.78, 5) is 10.7. The lowest BCUT2D eigenvalue weighted by molar-refractivity contribution is 0.0697. The summed E-state index contributed by atoms with van der Waals surface area (Å²) in [5.41, 5.74) is 0.434. The molecule has 0 spiro atoms. The summed E-state index contributed by atoms with van der Waals surface area (Å²) in [7, 11) is -3.24. The molecule has 0 bridgehead atoms. The molecule has 0 radical (unpaired) electrons. The van der Waals surface area contributed by atoms with E-state index in [4.69, 9.17) is 16.7 Å². The first kappa shape index (κ1) is 12.3. The molecule has 0 aromatic heterocycles. The zero-order chi connectivity index (χ0) is 12.6. The number of hydrogen-bond donors (Lipinski definition) is 2. The van der Waals surface area contributed by atoms with Crippen molar-refractivity contribution < 1.29 is 18.3 Å². The van der Waals surface area contributed by atoms with Crippen LogP contribution >= 0.6 is 11.6 Å². The van der Waals surface area contributed by atoms with Crippen molar-refractivity contribution in [3.8, 4) is 0 Å². The van der Waals surface area contributed by atoms with E-state index < -0.39 is 21.2 Å². The number of carbonyl (C=O) groups is 1. The fraction of sp³-hybridized carbons (Fsp3) is 0.300. The molecule has 1 heterocycles. The van der Waals surface area contributed by atoms with Crippen molar-refractivity contribution in [3.63, 3.8) is 0 Å². The zero-order valence-electron chi connectivity index (χ0n) is 8.68. The number of aromatic carboxylic acids is 1. The molecule has 2 N–H and O–H groups in total. The Labute approximate surface area is 103 Å². The highest BCUT2D eigenvalue weighted by molar-refractivity contribution is 7.91. The zero-order valence-corrected chi connectivity index (χ0v) is 10.3. The molecular weight excluding hydrogens is 266 g/mol. The number of halogens is 1. The lowest BCUT2D eigenvalue weighted by Crippen LogP contribution is -2.18.